The van der Waals surface area contributed by atoms with E-state index < -0.39 is 15.8 Å². The molecule has 0 fully saturated rings. The van der Waals surface area contributed by atoms with Crippen LogP contribution in [0.25, 0.3) is 0 Å². The Morgan fingerprint density at radius 3 is 2.53 bits per heavy atom. The normalized spacial score (nSPS) is 11.3. The number of halogens is 2. The van der Waals surface area contributed by atoms with E-state index in [1.165, 1.54) is 24.3 Å². The van der Waals surface area contributed by atoms with Gasteiger partial charge in [-0.05, 0) is 42.8 Å². The second-order valence-electron chi connectivity index (χ2n) is 4.05. The van der Waals surface area contributed by atoms with Gasteiger partial charge in [0.2, 0.25) is 0 Å². The van der Waals surface area contributed by atoms with Gasteiger partial charge in [0.05, 0.1) is 10.6 Å². The van der Waals surface area contributed by atoms with Gasteiger partial charge in [0.15, 0.2) is 0 Å². The maximum Gasteiger partial charge on any atom is 0.261 e. The van der Waals surface area contributed by atoms with E-state index in [4.69, 9.17) is 0 Å². The Balaban J connectivity index is 2.36. The molecule has 0 spiro atoms. The molecular formula is C13H11BrFNO2S. The van der Waals surface area contributed by atoms with Crippen molar-refractivity contribution < 1.29 is 12.8 Å². The van der Waals surface area contributed by atoms with Crippen LogP contribution in [0.15, 0.2) is 51.8 Å². The summed E-state index contributed by atoms with van der Waals surface area (Å²) in [5.74, 6) is -0.634. The summed E-state index contributed by atoms with van der Waals surface area (Å²) >= 11 is 3.11. The molecule has 0 aromatic heterocycles. The maximum atomic E-state index is 13.6. The highest BCUT2D eigenvalue weighted by Crippen LogP contribution is 2.22. The van der Waals surface area contributed by atoms with Crippen LogP contribution < -0.4 is 4.72 Å². The van der Waals surface area contributed by atoms with Crippen LogP contribution >= 0.6 is 15.9 Å². The third-order valence-corrected chi connectivity index (χ3v) is 4.33. The van der Waals surface area contributed by atoms with Crippen LogP contribution in [0.1, 0.15) is 5.56 Å². The summed E-state index contributed by atoms with van der Waals surface area (Å²) < 4.78 is 40.6. The van der Waals surface area contributed by atoms with Crippen molar-refractivity contribution in [1.82, 2.24) is 0 Å². The van der Waals surface area contributed by atoms with Crippen LogP contribution in [0.3, 0.4) is 0 Å². The van der Waals surface area contributed by atoms with Gasteiger partial charge in [0.25, 0.3) is 10.0 Å². The molecule has 19 heavy (non-hydrogen) atoms. The minimum Gasteiger partial charge on any atom is -0.277 e. The smallest absolute Gasteiger partial charge is 0.261 e. The maximum absolute atomic E-state index is 13.6. The molecule has 1 N–H and O–H groups in total. The fraction of sp³-hybridized carbons (Fsp3) is 0.0769. The molecule has 100 valence electrons. The van der Waals surface area contributed by atoms with Gasteiger partial charge in [-0.3, -0.25) is 4.72 Å². The fourth-order valence-corrected chi connectivity index (χ4v) is 3.06. The second kappa shape index (κ2) is 5.30. The van der Waals surface area contributed by atoms with Gasteiger partial charge >= 0.3 is 0 Å². The highest BCUT2D eigenvalue weighted by Gasteiger charge is 2.16. The third-order valence-electron chi connectivity index (χ3n) is 2.48. The predicted octanol–water partition coefficient (Wildman–Crippen LogP) is 3.70. The number of aryl methyl sites for hydroxylation is 1. The molecule has 2 aromatic carbocycles. The molecule has 0 unspecified atom stereocenters. The van der Waals surface area contributed by atoms with Gasteiger partial charge in [0, 0.05) is 4.47 Å². The molecule has 0 aliphatic heterocycles. The Morgan fingerprint density at radius 2 is 1.89 bits per heavy atom. The summed E-state index contributed by atoms with van der Waals surface area (Å²) in [4.78, 5) is 0.106. The number of nitrogens with one attached hydrogen (secondary N) is 1. The van der Waals surface area contributed by atoms with E-state index in [1.807, 2.05) is 0 Å². The van der Waals surface area contributed by atoms with Crippen molar-refractivity contribution in [1.29, 1.82) is 0 Å². The van der Waals surface area contributed by atoms with Crippen molar-refractivity contribution >= 4 is 31.6 Å². The molecule has 0 heterocycles. The van der Waals surface area contributed by atoms with E-state index in [1.54, 1.807) is 25.1 Å². The Kier molecular flexibility index (Phi) is 3.91. The molecular weight excluding hydrogens is 333 g/mol. The van der Waals surface area contributed by atoms with Crippen LogP contribution in [-0.2, 0) is 10.0 Å². The first-order valence-corrected chi connectivity index (χ1v) is 7.71. The molecule has 0 saturated heterocycles. The monoisotopic (exact) mass is 343 g/mol. The number of hydrogen-bond donors (Lipinski definition) is 1. The van der Waals surface area contributed by atoms with Gasteiger partial charge in [-0.2, -0.15) is 0 Å². The van der Waals surface area contributed by atoms with Crippen molar-refractivity contribution in [3.05, 3.63) is 58.3 Å². The number of anilines is 1. The summed E-state index contributed by atoms with van der Waals surface area (Å²) in [6.45, 7) is 1.79. The Labute approximate surface area is 119 Å². The van der Waals surface area contributed by atoms with Crippen LogP contribution in [0, 0.1) is 12.7 Å². The van der Waals surface area contributed by atoms with E-state index in [9.17, 15) is 12.8 Å². The first-order chi connectivity index (χ1) is 8.88. The van der Waals surface area contributed by atoms with Crippen LogP contribution in [0.5, 0.6) is 0 Å². The summed E-state index contributed by atoms with van der Waals surface area (Å²) in [5.41, 5.74) is 0.740. The highest BCUT2D eigenvalue weighted by atomic mass is 79.9. The topological polar surface area (TPSA) is 46.2 Å². The molecule has 3 nitrogen and oxygen atoms in total. The molecule has 0 radical (unpaired) electrons. The summed E-state index contributed by atoms with van der Waals surface area (Å²) in [6, 6.07) is 10.6. The lowest BCUT2D eigenvalue weighted by molar-refractivity contribution is 0.598. The molecule has 0 aliphatic rings. The number of sulfonamides is 1. The van der Waals surface area contributed by atoms with E-state index in [0.717, 1.165) is 5.56 Å². The first-order valence-electron chi connectivity index (χ1n) is 5.43. The van der Waals surface area contributed by atoms with E-state index in [-0.39, 0.29) is 10.6 Å². The average Bonchev–Trinajstić information content (AvgIpc) is 2.33. The molecule has 2 aromatic rings. The molecule has 2 rings (SSSR count). The third kappa shape index (κ3) is 3.33. The molecule has 6 heteroatoms. The molecule has 0 aliphatic carbocycles. The standard InChI is InChI=1S/C13H11BrFNO2S/c1-9-3-2-4-11(7-9)19(17,18)16-13-6-5-10(14)8-12(13)15/h2-8,16H,1H3. The van der Waals surface area contributed by atoms with Gasteiger partial charge in [-0.1, -0.05) is 28.1 Å². The van der Waals surface area contributed by atoms with Crippen LogP contribution in [0.2, 0.25) is 0 Å². The minimum absolute atomic E-state index is 0.0790. The molecule has 0 atom stereocenters. The SMILES string of the molecule is Cc1cccc(S(=O)(=O)Nc2ccc(Br)cc2F)c1. The number of rotatable bonds is 3. The summed E-state index contributed by atoms with van der Waals surface area (Å²) in [7, 11) is -3.78. The zero-order valence-corrected chi connectivity index (χ0v) is 12.4. The average molecular weight is 344 g/mol. The zero-order chi connectivity index (χ0) is 14.0. The molecule has 0 bridgehead atoms. The van der Waals surface area contributed by atoms with Crippen molar-refractivity contribution in [2.45, 2.75) is 11.8 Å². The zero-order valence-electron chi connectivity index (χ0n) is 10.0. The van der Waals surface area contributed by atoms with Gasteiger partial charge in [0.1, 0.15) is 5.82 Å². The molecule has 0 saturated carbocycles. The lowest BCUT2D eigenvalue weighted by atomic mass is 10.2. The van der Waals surface area contributed by atoms with Crippen molar-refractivity contribution in [2.24, 2.45) is 0 Å². The lowest BCUT2D eigenvalue weighted by Gasteiger charge is -2.09. The van der Waals surface area contributed by atoms with Gasteiger partial charge in [-0.25, -0.2) is 12.8 Å². The van der Waals surface area contributed by atoms with Gasteiger partial charge < -0.3 is 0 Å². The van der Waals surface area contributed by atoms with E-state index in [0.29, 0.717) is 4.47 Å². The highest BCUT2D eigenvalue weighted by molar-refractivity contribution is 9.10. The molecule has 0 amide bonds. The Hall–Kier alpha value is -1.40. The second-order valence-corrected chi connectivity index (χ2v) is 6.64. The minimum atomic E-state index is -3.78. The van der Waals surface area contributed by atoms with Crippen LogP contribution in [0.4, 0.5) is 10.1 Å². The van der Waals surface area contributed by atoms with E-state index >= 15 is 0 Å². The quantitative estimate of drug-likeness (QED) is 0.923. The van der Waals surface area contributed by atoms with Crippen molar-refractivity contribution in [3.63, 3.8) is 0 Å². The summed E-state index contributed by atoms with van der Waals surface area (Å²) in [6.07, 6.45) is 0. The van der Waals surface area contributed by atoms with Crippen LogP contribution in [-0.4, -0.2) is 8.42 Å². The van der Waals surface area contributed by atoms with Crippen molar-refractivity contribution in [3.8, 4) is 0 Å². The van der Waals surface area contributed by atoms with Gasteiger partial charge in [-0.15, -0.1) is 0 Å². The fourth-order valence-electron chi connectivity index (χ4n) is 1.56. The lowest BCUT2D eigenvalue weighted by Crippen LogP contribution is -2.14. The number of hydrogen-bond acceptors (Lipinski definition) is 2. The largest absolute Gasteiger partial charge is 0.277 e. The summed E-state index contributed by atoms with van der Waals surface area (Å²) in [5, 5.41) is 0. The van der Waals surface area contributed by atoms with E-state index in [2.05, 4.69) is 20.7 Å². The Morgan fingerprint density at radius 1 is 1.16 bits per heavy atom. The Bertz CT molecular complexity index is 716. The predicted molar refractivity (Wildman–Crippen MR) is 76.1 cm³/mol. The van der Waals surface area contributed by atoms with Crippen molar-refractivity contribution in [2.75, 3.05) is 4.72 Å². The number of benzene rings is 2. The first kappa shape index (κ1) is 14.0.